The van der Waals surface area contributed by atoms with Crippen LogP contribution >= 0.6 is 7.60 Å². The molecule has 0 aliphatic heterocycles. The first-order valence-corrected chi connectivity index (χ1v) is 14.3. The zero-order chi connectivity index (χ0) is 25.0. The van der Waals surface area contributed by atoms with Crippen molar-refractivity contribution in [1.82, 2.24) is 0 Å². The average Bonchev–Trinajstić information content (AvgIpc) is 3.73. The molecule has 0 radical (unpaired) electrons. The lowest BCUT2D eigenvalue weighted by atomic mass is 9.79. The third-order valence-electron chi connectivity index (χ3n) is 7.88. The monoisotopic (exact) mass is 504 g/mol. The van der Waals surface area contributed by atoms with Crippen LogP contribution in [0.5, 0.6) is 11.5 Å². The lowest BCUT2D eigenvalue weighted by Crippen LogP contribution is -2.21. The maximum atomic E-state index is 14.4. The Morgan fingerprint density at radius 1 is 0.943 bits per heavy atom. The van der Waals surface area contributed by atoms with E-state index in [0.717, 1.165) is 55.4 Å². The van der Waals surface area contributed by atoms with Gasteiger partial charge in [-0.15, -0.1) is 0 Å². The minimum Gasteiger partial charge on any atom is -0.497 e. The molecule has 192 valence electrons. The SMILES string of the molecule is COc1ccc(F)c(C2CCC(COc3cccc(C(C4CC4)C(C)P(=O)(OC)OC)c3)CC2)c1. The van der Waals surface area contributed by atoms with E-state index in [1.807, 2.05) is 25.1 Å². The fourth-order valence-electron chi connectivity index (χ4n) is 5.63. The molecule has 0 spiro atoms. The number of methoxy groups -OCH3 is 1. The molecule has 0 amide bonds. The molecule has 4 rings (SSSR count). The van der Waals surface area contributed by atoms with Gasteiger partial charge in [-0.25, -0.2) is 4.39 Å². The minimum atomic E-state index is -3.18. The van der Waals surface area contributed by atoms with Crippen molar-refractivity contribution in [2.24, 2.45) is 11.8 Å². The number of benzene rings is 2. The molecule has 2 unspecified atom stereocenters. The summed E-state index contributed by atoms with van der Waals surface area (Å²) < 4.78 is 49.6. The summed E-state index contributed by atoms with van der Waals surface area (Å²) in [4.78, 5) is 0. The highest BCUT2D eigenvalue weighted by atomic mass is 31.2. The number of hydrogen-bond acceptors (Lipinski definition) is 5. The molecule has 2 saturated carbocycles. The molecule has 0 N–H and O–H groups in total. The van der Waals surface area contributed by atoms with E-state index in [9.17, 15) is 8.96 Å². The van der Waals surface area contributed by atoms with Gasteiger partial charge in [0.25, 0.3) is 0 Å². The van der Waals surface area contributed by atoms with E-state index in [0.29, 0.717) is 24.2 Å². The third kappa shape index (κ3) is 6.10. The van der Waals surface area contributed by atoms with Gasteiger partial charge in [-0.05, 0) is 97.7 Å². The van der Waals surface area contributed by atoms with Gasteiger partial charge in [0.2, 0.25) is 0 Å². The Hall–Kier alpha value is -1.88. The van der Waals surface area contributed by atoms with Gasteiger partial charge in [0.15, 0.2) is 0 Å². The Morgan fingerprint density at radius 2 is 1.66 bits per heavy atom. The average molecular weight is 505 g/mol. The quantitative estimate of drug-likeness (QED) is 0.296. The number of hydrogen-bond donors (Lipinski definition) is 0. The fraction of sp³-hybridized carbons (Fsp3) is 0.571. The summed E-state index contributed by atoms with van der Waals surface area (Å²) in [6, 6.07) is 13.2. The van der Waals surface area contributed by atoms with Gasteiger partial charge in [0.1, 0.15) is 17.3 Å². The molecule has 2 aliphatic rings. The summed E-state index contributed by atoms with van der Waals surface area (Å²) in [5.41, 5.74) is 1.66. The standard InChI is InChI=1S/C28H38FO5P/c1-19(35(30,32-3)33-4)28(22-12-13-22)23-6-5-7-25(16-23)34-18-20-8-10-21(11-9-20)26-17-24(31-2)14-15-27(26)29/h5-7,14-17,19-22,28H,8-13,18H2,1-4H3. The lowest BCUT2D eigenvalue weighted by molar-refractivity contribution is 0.199. The summed E-state index contributed by atoms with van der Waals surface area (Å²) in [6.07, 6.45) is 6.17. The van der Waals surface area contributed by atoms with Crippen LogP contribution in [0.15, 0.2) is 42.5 Å². The minimum absolute atomic E-state index is 0.109. The molecule has 2 aromatic carbocycles. The van der Waals surface area contributed by atoms with Crippen LogP contribution in [0.3, 0.4) is 0 Å². The van der Waals surface area contributed by atoms with Gasteiger partial charge >= 0.3 is 7.60 Å². The van der Waals surface area contributed by atoms with Crippen LogP contribution in [0.1, 0.15) is 68.4 Å². The predicted molar refractivity (Wildman–Crippen MR) is 136 cm³/mol. The topological polar surface area (TPSA) is 54.0 Å². The van der Waals surface area contributed by atoms with E-state index in [-0.39, 0.29) is 23.3 Å². The van der Waals surface area contributed by atoms with Crippen LogP contribution in [0.4, 0.5) is 4.39 Å². The zero-order valence-electron chi connectivity index (χ0n) is 21.2. The molecule has 0 aromatic heterocycles. The highest BCUT2D eigenvalue weighted by Crippen LogP contribution is 2.60. The molecule has 5 nitrogen and oxygen atoms in total. The number of ether oxygens (including phenoxy) is 2. The van der Waals surface area contributed by atoms with Gasteiger partial charge < -0.3 is 18.5 Å². The Balaban J connectivity index is 1.36. The van der Waals surface area contributed by atoms with Crippen molar-refractivity contribution in [1.29, 1.82) is 0 Å². The smallest absolute Gasteiger partial charge is 0.333 e. The first-order chi connectivity index (χ1) is 16.9. The van der Waals surface area contributed by atoms with Gasteiger partial charge in [-0.2, -0.15) is 0 Å². The first-order valence-electron chi connectivity index (χ1n) is 12.7. The highest BCUT2D eigenvalue weighted by molar-refractivity contribution is 7.54. The normalized spacial score (nSPS) is 22.4. The summed E-state index contributed by atoms with van der Waals surface area (Å²) >= 11 is 0. The van der Waals surface area contributed by atoms with Crippen LogP contribution in [-0.2, 0) is 13.6 Å². The van der Waals surface area contributed by atoms with Gasteiger partial charge in [-0.1, -0.05) is 19.1 Å². The van der Waals surface area contributed by atoms with Crippen LogP contribution in [0, 0.1) is 17.7 Å². The molecule has 0 bridgehead atoms. The van der Waals surface area contributed by atoms with Crippen molar-refractivity contribution in [2.45, 2.75) is 62.9 Å². The largest absolute Gasteiger partial charge is 0.497 e. The second-order valence-corrected chi connectivity index (χ2v) is 12.6. The second kappa shape index (κ2) is 11.5. The molecule has 2 aliphatic carbocycles. The van der Waals surface area contributed by atoms with E-state index in [1.165, 1.54) is 20.3 Å². The fourth-order valence-corrected chi connectivity index (χ4v) is 7.25. The van der Waals surface area contributed by atoms with Crippen molar-refractivity contribution >= 4 is 7.60 Å². The number of rotatable bonds is 11. The number of halogens is 1. The van der Waals surface area contributed by atoms with E-state index in [1.54, 1.807) is 13.2 Å². The third-order valence-corrected chi connectivity index (χ3v) is 10.2. The lowest BCUT2D eigenvalue weighted by Gasteiger charge is -2.30. The zero-order valence-corrected chi connectivity index (χ0v) is 22.1. The molecule has 2 aromatic rings. The summed E-state index contributed by atoms with van der Waals surface area (Å²) in [5.74, 6) is 2.67. The van der Waals surface area contributed by atoms with Crippen molar-refractivity contribution in [3.8, 4) is 11.5 Å². The molecule has 0 heterocycles. The highest BCUT2D eigenvalue weighted by Gasteiger charge is 2.44. The van der Waals surface area contributed by atoms with Crippen LogP contribution in [-0.4, -0.2) is 33.6 Å². The van der Waals surface area contributed by atoms with E-state index >= 15 is 0 Å². The van der Waals surface area contributed by atoms with Gasteiger partial charge in [-0.3, -0.25) is 4.57 Å². The van der Waals surface area contributed by atoms with Crippen LogP contribution < -0.4 is 9.47 Å². The molecule has 35 heavy (non-hydrogen) atoms. The first kappa shape index (κ1) is 26.2. The van der Waals surface area contributed by atoms with Crippen LogP contribution in [0.25, 0.3) is 0 Å². The van der Waals surface area contributed by atoms with Crippen molar-refractivity contribution in [3.63, 3.8) is 0 Å². The predicted octanol–water partition coefficient (Wildman–Crippen LogP) is 7.56. The summed E-state index contributed by atoms with van der Waals surface area (Å²) in [6.45, 7) is 2.61. The molecule has 0 saturated heterocycles. The second-order valence-electron chi connectivity index (χ2n) is 10.00. The van der Waals surface area contributed by atoms with Crippen molar-refractivity contribution in [2.75, 3.05) is 27.9 Å². The van der Waals surface area contributed by atoms with Crippen molar-refractivity contribution < 1.29 is 27.5 Å². The van der Waals surface area contributed by atoms with Gasteiger partial charge in [0, 0.05) is 20.1 Å². The Morgan fingerprint density at radius 3 is 2.29 bits per heavy atom. The van der Waals surface area contributed by atoms with E-state index < -0.39 is 7.60 Å². The van der Waals surface area contributed by atoms with E-state index in [4.69, 9.17) is 18.5 Å². The molecule has 7 heteroatoms. The van der Waals surface area contributed by atoms with Gasteiger partial charge in [0.05, 0.1) is 19.4 Å². The Labute approximate surface area is 208 Å². The molecule has 2 atom stereocenters. The summed E-state index contributed by atoms with van der Waals surface area (Å²) in [5, 5.41) is 0. The maximum absolute atomic E-state index is 14.4. The molecule has 2 fully saturated rings. The van der Waals surface area contributed by atoms with Crippen LogP contribution in [0.2, 0.25) is 0 Å². The Kier molecular flexibility index (Phi) is 8.57. The Bertz CT molecular complexity index is 1020. The summed E-state index contributed by atoms with van der Waals surface area (Å²) in [7, 11) is 1.36. The molecular formula is C28H38FO5P. The maximum Gasteiger partial charge on any atom is 0.333 e. The van der Waals surface area contributed by atoms with Crippen molar-refractivity contribution in [3.05, 3.63) is 59.4 Å². The molecular weight excluding hydrogens is 466 g/mol. The van der Waals surface area contributed by atoms with E-state index in [2.05, 4.69) is 12.1 Å².